The third-order valence-electron chi connectivity index (χ3n) is 4.41. The summed E-state index contributed by atoms with van der Waals surface area (Å²) in [5.74, 6) is 1.15. The summed E-state index contributed by atoms with van der Waals surface area (Å²) in [5, 5.41) is 3.36. The number of nitrogens with one attached hydrogen (secondary N) is 1. The highest BCUT2D eigenvalue weighted by Gasteiger charge is 2.32. The molecular formula is C16H26N4O. The van der Waals surface area contributed by atoms with Gasteiger partial charge in [-0.2, -0.15) is 0 Å². The number of morpholine rings is 1. The van der Waals surface area contributed by atoms with E-state index in [1.54, 1.807) is 0 Å². The summed E-state index contributed by atoms with van der Waals surface area (Å²) in [6, 6.07) is 2.71. The number of hydrogen-bond donors (Lipinski definition) is 1. The first-order valence-corrected chi connectivity index (χ1v) is 8.07. The molecule has 0 spiro atoms. The Hall–Kier alpha value is -1.20. The average Bonchev–Trinajstić information content (AvgIpc) is 2.92. The van der Waals surface area contributed by atoms with Crippen LogP contribution in [0.4, 0.5) is 5.95 Å². The smallest absolute Gasteiger partial charge is 0.223 e. The van der Waals surface area contributed by atoms with Gasteiger partial charge in [-0.3, -0.25) is 4.90 Å². The molecule has 2 fully saturated rings. The van der Waals surface area contributed by atoms with Gasteiger partial charge in [-0.05, 0) is 38.3 Å². The summed E-state index contributed by atoms with van der Waals surface area (Å²) < 4.78 is 5.96. The molecule has 0 saturated carbocycles. The number of anilines is 1. The lowest BCUT2D eigenvalue weighted by Gasteiger charge is -2.35. The van der Waals surface area contributed by atoms with Crippen molar-refractivity contribution in [3.8, 4) is 0 Å². The van der Waals surface area contributed by atoms with Crippen LogP contribution >= 0.6 is 0 Å². The summed E-state index contributed by atoms with van der Waals surface area (Å²) in [7, 11) is 0. The molecule has 0 aromatic carbocycles. The van der Waals surface area contributed by atoms with Crippen LogP contribution in [0.2, 0.25) is 0 Å². The molecule has 2 aliphatic rings. The molecule has 1 aromatic heterocycles. The topological polar surface area (TPSA) is 50.3 Å². The minimum atomic E-state index is 0.242. The van der Waals surface area contributed by atoms with Crippen LogP contribution in [0, 0.1) is 6.92 Å². The first-order valence-electron chi connectivity index (χ1n) is 8.07. The number of fused-ring (bicyclic) bond motifs is 1. The molecule has 0 amide bonds. The molecule has 3 heterocycles. The predicted octanol–water partition coefficient (Wildman–Crippen LogP) is 2.18. The van der Waals surface area contributed by atoms with Crippen LogP contribution in [0.15, 0.2) is 6.07 Å². The van der Waals surface area contributed by atoms with E-state index in [0.717, 1.165) is 37.0 Å². The molecule has 2 aliphatic heterocycles. The van der Waals surface area contributed by atoms with Crippen LogP contribution in [0.5, 0.6) is 0 Å². The largest absolute Gasteiger partial charge is 0.373 e. The van der Waals surface area contributed by atoms with Crippen LogP contribution in [-0.4, -0.2) is 53.3 Å². The van der Waals surface area contributed by atoms with Gasteiger partial charge in [-0.15, -0.1) is 0 Å². The van der Waals surface area contributed by atoms with E-state index in [4.69, 9.17) is 4.74 Å². The first-order chi connectivity index (χ1) is 10.1. The molecular weight excluding hydrogens is 264 g/mol. The standard InChI is InChI=1S/C16H26N4O/c1-11(2)15-7-12(3)18-16(19-15)17-8-14-9-20-6-4-5-13(20)10-21-14/h7,11,13-14H,4-6,8-10H2,1-3H3,(H,17,18,19). The summed E-state index contributed by atoms with van der Waals surface area (Å²) in [4.78, 5) is 11.6. The van der Waals surface area contributed by atoms with Gasteiger partial charge in [0.2, 0.25) is 5.95 Å². The van der Waals surface area contributed by atoms with Crippen molar-refractivity contribution in [3.05, 3.63) is 17.5 Å². The maximum Gasteiger partial charge on any atom is 0.223 e. The minimum absolute atomic E-state index is 0.242. The molecule has 5 heteroatoms. The van der Waals surface area contributed by atoms with Gasteiger partial charge in [0.25, 0.3) is 0 Å². The predicted molar refractivity (Wildman–Crippen MR) is 83.7 cm³/mol. The number of hydrogen-bond acceptors (Lipinski definition) is 5. The molecule has 3 rings (SSSR count). The van der Waals surface area contributed by atoms with Crippen molar-refractivity contribution in [1.82, 2.24) is 14.9 Å². The van der Waals surface area contributed by atoms with Crippen molar-refractivity contribution < 1.29 is 4.74 Å². The summed E-state index contributed by atoms with van der Waals surface area (Å²) in [6.07, 6.45) is 2.84. The van der Waals surface area contributed by atoms with E-state index in [1.807, 2.05) is 6.92 Å². The lowest BCUT2D eigenvalue weighted by Crippen LogP contribution is -2.48. The zero-order valence-electron chi connectivity index (χ0n) is 13.3. The quantitative estimate of drug-likeness (QED) is 0.921. The van der Waals surface area contributed by atoms with Crippen LogP contribution in [-0.2, 0) is 4.74 Å². The molecule has 0 radical (unpaired) electrons. The fourth-order valence-corrected chi connectivity index (χ4v) is 3.18. The van der Waals surface area contributed by atoms with E-state index in [2.05, 4.69) is 40.1 Å². The molecule has 2 unspecified atom stereocenters. The maximum absolute atomic E-state index is 5.96. The molecule has 2 saturated heterocycles. The van der Waals surface area contributed by atoms with E-state index in [0.29, 0.717) is 12.0 Å². The summed E-state index contributed by atoms with van der Waals surface area (Å²) in [6.45, 7) is 10.2. The molecule has 1 aromatic rings. The second-order valence-corrected chi connectivity index (χ2v) is 6.54. The van der Waals surface area contributed by atoms with Crippen molar-refractivity contribution in [2.45, 2.75) is 51.7 Å². The molecule has 0 bridgehead atoms. The van der Waals surface area contributed by atoms with Crippen LogP contribution in [0.3, 0.4) is 0 Å². The highest BCUT2D eigenvalue weighted by Crippen LogP contribution is 2.22. The van der Waals surface area contributed by atoms with Gasteiger partial charge in [-0.1, -0.05) is 13.8 Å². The van der Waals surface area contributed by atoms with Crippen LogP contribution < -0.4 is 5.32 Å². The van der Waals surface area contributed by atoms with Gasteiger partial charge in [0.15, 0.2) is 0 Å². The average molecular weight is 290 g/mol. The van der Waals surface area contributed by atoms with E-state index >= 15 is 0 Å². The lowest BCUT2D eigenvalue weighted by molar-refractivity contribution is -0.0416. The van der Waals surface area contributed by atoms with Gasteiger partial charge in [0, 0.05) is 30.5 Å². The Morgan fingerprint density at radius 1 is 1.43 bits per heavy atom. The monoisotopic (exact) mass is 290 g/mol. The fraction of sp³-hybridized carbons (Fsp3) is 0.750. The van der Waals surface area contributed by atoms with Crippen molar-refractivity contribution in [3.63, 3.8) is 0 Å². The van der Waals surface area contributed by atoms with E-state index < -0.39 is 0 Å². The third kappa shape index (κ3) is 3.52. The highest BCUT2D eigenvalue weighted by atomic mass is 16.5. The van der Waals surface area contributed by atoms with Gasteiger partial charge in [0.05, 0.1) is 12.7 Å². The maximum atomic E-state index is 5.96. The van der Waals surface area contributed by atoms with E-state index in [9.17, 15) is 0 Å². The number of nitrogens with zero attached hydrogens (tertiary/aromatic N) is 3. The normalized spacial score (nSPS) is 26.1. The second-order valence-electron chi connectivity index (χ2n) is 6.54. The lowest BCUT2D eigenvalue weighted by atomic mass is 10.1. The van der Waals surface area contributed by atoms with Crippen molar-refractivity contribution in [2.75, 3.05) is 31.6 Å². The third-order valence-corrected chi connectivity index (χ3v) is 4.41. The molecule has 116 valence electrons. The van der Waals surface area contributed by atoms with Gasteiger partial charge in [0.1, 0.15) is 0 Å². The Morgan fingerprint density at radius 2 is 2.29 bits per heavy atom. The van der Waals surface area contributed by atoms with Crippen molar-refractivity contribution in [1.29, 1.82) is 0 Å². The van der Waals surface area contributed by atoms with Gasteiger partial charge in [-0.25, -0.2) is 9.97 Å². The Bertz CT molecular complexity index is 491. The zero-order valence-corrected chi connectivity index (χ0v) is 13.3. The number of aromatic nitrogens is 2. The minimum Gasteiger partial charge on any atom is -0.373 e. The molecule has 2 atom stereocenters. The zero-order chi connectivity index (χ0) is 14.8. The Morgan fingerprint density at radius 3 is 3.10 bits per heavy atom. The van der Waals surface area contributed by atoms with E-state index in [1.165, 1.54) is 19.4 Å². The van der Waals surface area contributed by atoms with Gasteiger partial charge >= 0.3 is 0 Å². The molecule has 21 heavy (non-hydrogen) atoms. The first kappa shape index (κ1) is 14.7. The van der Waals surface area contributed by atoms with Crippen molar-refractivity contribution >= 4 is 5.95 Å². The van der Waals surface area contributed by atoms with Crippen LogP contribution in [0.1, 0.15) is 44.0 Å². The Labute approximate surface area is 127 Å². The van der Waals surface area contributed by atoms with Crippen molar-refractivity contribution in [2.24, 2.45) is 0 Å². The molecule has 5 nitrogen and oxygen atoms in total. The second kappa shape index (κ2) is 6.28. The fourth-order valence-electron chi connectivity index (χ4n) is 3.18. The molecule has 0 aliphatic carbocycles. The number of rotatable bonds is 4. The van der Waals surface area contributed by atoms with E-state index in [-0.39, 0.29) is 6.10 Å². The SMILES string of the molecule is Cc1cc(C(C)C)nc(NCC2CN3CCCC3CO2)n1. The van der Waals surface area contributed by atoms with Crippen LogP contribution in [0.25, 0.3) is 0 Å². The number of ether oxygens (including phenoxy) is 1. The summed E-state index contributed by atoms with van der Waals surface area (Å²) in [5.41, 5.74) is 2.11. The van der Waals surface area contributed by atoms with Gasteiger partial charge < -0.3 is 10.1 Å². The summed E-state index contributed by atoms with van der Waals surface area (Å²) >= 11 is 0. The highest BCUT2D eigenvalue weighted by molar-refractivity contribution is 5.29. The molecule has 1 N–H and O–H groups in total. The number of aryl methyl sites for hydroxylation is 1. The Kier molecular flexibility index (Phi) is 4.40. The Balaban J connectivity index is 1.57.